The van der Waals surface area contributed by atoms with Gasteiger partial charge in [-0.25, -0.2) is 13.8 Å². The minimum Gasteiger partial charge on any atom is -0.460 e. The Morgan fingerprint density at radius 2 is 1.81 bits per heavy atom. The van der Waals surface area contributed by atoms with Crippen molar-refractivity contribution in [3.63, 3.8) is 0 Å². The molecule has 0 aliphatic carbocycles. The summed E-state index contributed by atoms with van der Waals surface area (Å²) in [6.45, 7) is 1.69. The summed E-state index contributed by atoms with van der Waals surface area (Å²) in [6, 6.07) is 4.27. The third-order valence-electron chi connectivity index (χ3n) is 4.12. The van der Waals surface area contributed by atoms with Crippen molar-refractivity contribution in [2.45, 2.75) is 31.7 Å². The first-order chi connectivity index (χ1) is 12.3. The van der Waals surface area contributed by atoms with E-state index in [1.54, 1.807) is 0 Å². The lowest BCUT2D eigenvalue weighted by Gasteiger charge is -2.31. The van der Waals surface area contributed by atoms with Gasteiger partial charge in [0, 0.05) is 25.8 Å². The highest BCUT2D eigenvalue weighted by molar-refractivity contribution is 5.17. The lowest BCUT2D eigenvalue weighted by molar-refractivity contribution is -0.141. The van der Waals surface area contributed by atoms with Gasteiger partial charge in [0.25, 0.3) is 0 Å². The van der Waals surface area contributed by atoms with Gasteiger partial charge in [-0.3, -0.25) is 4.90 Å². The molecule has 2 aromatic rings. The minimum absolute atomic E-state index is 0.292. The SMILES string of the molecule is Fc1ccc(CN2CCC(Oc3nccc(C(F)(F)F)n3)CC2)cc1F. The third kappa shape index (κ3) is 4.66. The number of nitrogens with zero attached hydrogens (tertiary/aromatic N) is 3. The number of benzene rings is 1. The van der Waals surface area contributed by atoms with Crippen molar-refractivity contribution in [2.75, 3.05) is 13.1 Å². The number of alkyl halides is 3. The molecule has 0 atom stereocenters. The molecule has 0 radical (unpaired) electrons. The molecule has 1 aromatic carbocycles. The summed E-state index contributed by atoms with van der Waals surface area (Å²) in [5.41, 5.74) is -0.386. The largest absolute Gasteiger partial charge is 0.460 e. The second-order valence-corrected chi connectivity index (χ2v) is 6.06. The smallest absolute Gasteiger partial charge is 0.433 e. The molecule has 1 aromatic heterocycles. The molecule has 1 aliphatic heterocycles. The predicted octanol–water partition coefficient (Wildman–Crippen LogP) is 3.82. The third-order valence-corrected chi connectivity index (χ3v) is 4.12. The van der Waals surface area contributed by atoms with Gasteiger partial charge in [-0.2, -0.15) is 18.2 Å². The van der Waals surface area contributed by atoms with Gasteiger partial charge in [0.1, 0.15) is 6.10 Å². The maximum atomic E-state index is 13.2. The van der Waals surface area contributed by atoms with Crippen LogP contribution in [0.4, 0.5) is 22.0 Å². The summed E-state index contributed by atoms with van der Waals surface area (Å²) in [6.07, 6.45) is -2.68. The first-order valence-electron chi connectivity index (χ1n) is 8.04. The van der Waals surface area contributed by atoms with Gasteiger partial charge in [-0.15, -0.1) is 0 Å². The Kier molecular flexibility index (Phi) is 5.36. The maximum absolute atomic E-state index is 13.2. The van der Waals surface area contributed by atoms with Crippen LogP contribution in [0.5, 0.6) is 6.01 Å². The van der Waals surface area contributed by atoms with Crippen LogP contribution in [-0.2, 0) is 12.7 Å². The quantitative estimate of drug-likeness (QED) is 0.764. The molecular weight excluding hydrogens is 357 g/mol. The molecule has 1 fully saturated rings. The lowest BCUT2D eigenvalue weighted by atomic mass is 10.1. The topological polar surface area (TPSA) is 38.2 Å². The van der Waals surface area contributed by atoms with E-state index in [2.05, 4.69) is 9.97 Å². The lowest BCUT2D eigenvalue weighted by Crippen LogP contribution is -2.38. The molecule has 140 valence electrons. The predicted molar refractivity (Wildman–Crippen MR) is 82.3 cm³/mol. The normalized spacial score (nSPS) is 16.7. The zero-order valence-electron chi connectivity index (χ0n) is 13.6. The van der Waals surface area contributed by atoms with Crippen LogP contribution >= 0.6 is 0 Å². The number of rotatable bonds is 4. The fourth-order valence-electron chi connectivity index (χ4n) is 2.79. The summed E-state index contributed by atoms with van der Waals surface area (Å²) < 4.78 is 69.6. The van der Waals surface area contributed by atoms with Gasteiger partial charge in [-0.05, 0) is 36.6 Å². The number of piperidine rings is 1. The zero-order valence-corrected chi connectivity index (χ0v) is 13.6. The Balaban J connectivity index is 1.53. The fourth-order valence-corrected chi connectivity index (χ4v) is 2.79. The van der Waals surface area contributed by atoms with E-state index < -0.39 is 23.5 Å². The number of ether oxygens (including phenoxy) is 1. The van der Waals surface area contributed by atoms with Crippen LogP contribution in [0.25, 0.3) is 0 Å². The number of halogens is 5. The molecule has 1 aliphatic rings. The van der Waals surface area contributed by atoms with E-state index in [1.165, 1.54) is 6.07 Å². The summed E-state index contributed by atoms with van der Waals surface area (Å²) in [5.74, 6) is -1.77. The average molecular weight is 373 g/mol. The molecule has 0 amide bonds. The Morgan fingerprint density at radius 3 is 2.46 bits per heavy atom. The molecule has 1 saturated heterocycles. The van der Waals surface area contributed by atoms with E-state index in [9.17, 15) is 22.0 Å². The molecule has 9 heteroatoms. The van der Waals surface area contributed by atoms with Crippen LogP contribution in [0.15, 0.2) is 30.5 Å². The van der Waals surface area contributed by atoms with Gasteiger partial charge in [0.05, 0.1) is 0 Å². The van der Waals surface area contributed by atoms with Crippen LogP contribution in [0, 0.1) is 11.6 Å². The van der Waals surface area contributed by atoms with Crippen molar-refractivity contribution in [1.29, 1.82) is 0 Å². The van der Waals surface area contributed by atoms with Crippen molar-refractivity contribution in [2.24, 2.45) is 0 Å². The molecule has 2 heterocycles. The molecule has 0 saturated carbocycles. The van der Waals surface area contributed by atoms with Crippen molar-refractivity contribution >= 4 is 0 Å². The Morgan fingerprint density at radius 1 is 1.08 bits per heavy atom. The molecule has 26 heavy (non-hydrogen) atoms. The summed E-state index contributed by atoms with van der Waals surface area (Å²) >= 11 is 0. The summed E-state index contributed by atoms with van der Waals surface area (Å²) in [7, 11) is 0. The minimum atomic E-state index is -4.55. The van der Waals surface area contributed by atoms with Crippen molar-refractivity contribution in [3.8, 4) is 6.01 Å². The van der Waals surface area contributed by atoms with Crippen LogP contribution in [0.3, 0.4) is 0 Å². The molecule has 0 unspecified atom stereocenters. The van der Waals surface area contributed by atoms with Gasteiger partial charge in [-0.1, -0.05) is 6.07 Å². The Labute approximate surface area is 146 Å². The maximum Gasteiger partial charge on any atom is 0.433 e. The van der Waals surface area contributed by atoms with Crippen molar-refractivity contribution in [3.05, 3.63) is 53.4 Å². The van der Waals surface area contributed by atoms with E-state index >= 15 is 0 Å². The second kappa shape index (κ2) is 7.53. The van der Waals surface area contributed by atoms with Crippen LogP contribution < -0.4 is 4.74 Å². The standard InChI is InChI=1S/C17H16F5N3O/c18-13-2-1-11(9-14(13)19)10-25-7-4-12(5-8-25)26-16-23-6-3-15(24-16)17(20,21)22/h1-3,6,9,12H,4-5,7-8,10H2. The molecule has 0 spiro atoms. The number of aromatic nitrogens is 2. The van der Waals surface area contributed by atoms with E-state index in [4.69, 9.17) is 4.74 Å². The van der Waals surface area contributed by atoms with Crippen molar-refractivity contribution < 1.29 is 26.7 Å². The highest BCUT2D eigenvalue weighted by Gasteiger charge is 2.33. The average Bonchev–Trinajstić information content (AvgIpc) is 2.59. The summed E-state index contributed by atoms with van der Waals surface area (Å²) in [4.78, 5) is 9.16. The number of likely N-dealkylation sites (tertiary alicyclic amines) is 1. The van der Waals surface area contributed by atoms with E-state index in [-0.39, 0.29) is 12.1 Å². The van der Waals surface area contributed by atoms with E-state index in [0.717, 1.165) is 24.4 Å². The highest BCUT2D eigenvalue weighted by Crippen LogP contribution is 2.28. The second-order valence-electron chi connectivity index (χ2n) is 6.06. The molecular formula is C17H16F5N3O. The van der Waals surface area contributed by atoms with Gasteiger partial charge in [0.2, 0.25) is 0 Å². The van der Waals surface area contributed by atoms with Crippen LogP contribution in [0.2, 0.25) is 0 Å². The molecule has 0 N–H and O–H groups in total. The number of hydrogen-bond donors (Lipinski definition) is 0. The fraction of sp³-hybridized carbons (Fsp3) is 0.412. The van der Waals surface area contributed by atoms with Gasteiger partial charge >= 0.3 is 12.2 Å². The molecule has 3 rings (SSSR count). The summed E-state index contributed by atoms with van der Waals surface area (Å²) in [5, 5.41) is 0. The van der Waals surface area contributed by atoms with E-state index in [0.29, 0.717) is 38.0 Å². The highest BCUT2D eigenvalue weighted by atomic mass is 19.4. The first-order valence-corrected chi connectivity index (χ1v) is 8.04. The Bertz CT molecular complexity index is 760. The van der Waals surface area contributed by atoms with Crippen LogP contribution in [-0.4, -0.2) is 34.1 Å². The molecule has 0 bridgehead atoms. The van der Waals surface area contributed by atoms with Gasteiger partial charge in [0.15, 0.2) is 17.3 Å². The monoisotopic (exact) mass is 373 g/mol. The number of hydrogen-bond acceptors (Lipinski definition) is 4. The van der Waals surface area contributed by atoms with Crippen molar-refractivity contribution in [1.82, 2.24) is 14.9 Å². The van der Waals surface area contributed by atoms with Crippen LogP contribution in [0.1, 0.15) is 24.1 Å². The molecule has 4 nitrogen and oxygen atoms in total. The first kappa shape index (κ1) is 18.5. The van der Waals surface area contributed by atoms with Gasteiger partial charge < -0.3 is 4.74 Å². The zero-order chi connectivity index (χ0) is 18.7. The Hall–Kier alpha value is -2.29. The van der Waals surface area contributed by atoms with E-state index in [1.807, 2.05) is 4.90 Å².